The van der Waals surface area contributed by atoms with Crippen molar-refractivity contribution in [1.29, 1.82) is 0 Å². The van der Waals surface area contributed by atoms with Crippen LogP contribution in [0.3, 0.4) is 0 Å². The van der Waals surface area contributed by atoms with E-state index >= 15 is 0 Å². The monoisotopic (exact) mass is 554 g/mol. The van der Waals surface area contributed by atoms with Gasteiger partial charge in [-0.25, -0.2) is 4.99 Å². The first-order valence-corrected chi connectivity index (χ1v) is 16.3. The molecule has 1 N–H and O–H groups in total. The molecular formula is C34H42N2O3Si. The van der Waals surface area contributed by atoms with Gasteiger partial charge in [-0.2, -0.15) is 0 Å². The minimum atomic E-state index is -2.75. The average molecular weight is 555 g/mol. The number of ether oxygens (including phenoxy) is 2. The first-order chi connectivity index (χ1) is 19.3. The number of nitrogens with one attached hydrogen (secondary N) is 1. The molecule has 5 rings (SSSR count). The Morgan fingerprint density at radius 2 is 1.55 bits per heavy atom. The fraction of sp³-hybridized carbons (Fsp3) is 0.382. The second-order valence-corrected chi connectivity index (χ2v) is 16.4. The van der Waals surface area contributed by atoms with E-state index in [-0.39, 0.29) is 11.1 Å². The van der Waals surface area contributed by atoms with E-state index in [4.69, 9.17) is 18.9 Å². The second-order valence-electron chi connectivity index (χ2n) is 12.1. The summed E-state index contributed by atoms with van der Waals surface area (Å²) in [6, 6.07) is 29.7. The van der Waals surface area contributed by atoms with Crippen LogP contribution in [0.5, 0.6) is 0 Å². The van der Waals surface area contributed by atoms with Crippen molar-refractivity contribution >= 4 is 35.8 Å². The third-order valence-electron chi connectivity index (χ3n) is 7.73. The summed E-state index contributed by atoms with van der Waals surface area (Å²) >= 11 is 0. The smallest absolute Gasteiger partial charge is 0.261 e. The van der Waals surface area contributed by atoms with Crippen LogP contribution in [0.4, 0.5) is 11.4 Å². The van der Waals surface area contributed by atoms with Crippen LogP contribution in [0.2, 0.25) is 5.04 Å². The molecule has 0 aliphatic carbocycles. The van der Waals surface area contributed by atoms with Crippen molar-refractivity contribution < 1.29 is 13.9 Å². The second kappa shape index (κ2) is 12.2. The highest BCUT2D eigenvalue weighted by atomic mass is 28.4. The predicted octanol–water partition coefficient (Wildman–Crippen LogP) is 6.48. The topological polar surface area (TPSA) is 52.1 Å². The highest BCUT2D eigenvalue weighted by Crippen LogP contribution is 2.38. The predicted molar refractivity (Wildman–Crippen MR) is 168 cm³/mol. The Morgan fingerprint density at radius 3 is 2.17 bits per heavy atom. The Hall–Kier alpha value is -3.03. The van der Waals surface area contributed by atoms with Crippen molar-refractivity contribution in [2.45, 2.75) is 58.5 Å². The number of hydrogen-bond acceptors (Lipinski definition) is 5. The highest BCUT2D eigenvalue weighted by molar-refractivity contribution is 6.99. The molecule has 6 heteroatoms. The van der Waals surface area contributed by atoms with Gasteiger partial charge in [0.1, 0.15) is 6.10 Å². The minimum Gasteiger partial charge on any atom is -0.404 e. The van der Waals surface area contributed by atoms with E-state index in [2.05, 4.69) is 113 Å². The van der Waals surface area contributed by atoms with Crippen LogP contribution >= 0.6 is 0 Å². The molecular weight excluding hydrogens is 512 g/mol. The lowest BCUT2D eigenvalue weighted by Gasteiger charge is -2.44. The Balaban J connectivity index is 1.53. The van der Waals surface area contributed by atoms with E-state index in [9.17, 15) is 0 Å². The highest BCUT2D eigenvalue weighted by Gasteiger charge is 2.51. The lowest BCUT2D eigenvalue weighted by Crippen LogP contribution is -2.67. The number of fused-ring (bicyclic) bond motifs is 2. The molecule has 2 heterocycles. The molecule has 0 saturated carbocycles. The van der Waals surface area contributed by atoms with Crippen LogP contribution in [0.1, 0.15) is 41.0 Å². The number of anilines is 1. The SMILES string of the molecule is CC(C)CCO[C@@H]1C=C2CNc3ccccc3N=C2[C@@H](CO[Si](c2ccccc2)(c2ccccc2)C(C)(C)C)O1. The summed E-state index contributed by atoms with van der Waals surface area (Å²) < 4.78 is 20.2. The third-order valence-corrected chi connectivity index (χ3v) is 12.7. The number of hydrogen-bond donors (Lipinski definition) is 1. The molecule has 5 nitrogen and oxygen atoms in total. The van der Waals surface area contributed by atoms with Gasteiger partial charge in [-0.15, -0.1) is 0 Å². The van der Waals surface area contributed by atoms with Gasteiger partial charge in [-0.05, 0) is 51.5 Å². The molecule has 3 aromatic rings. The number of nitrogens with zero attached hydrogens (tertiary/aromatic N) is 1. The van der Waals surface area contributed by atoms with Gasteiger partial charge in [-0.1, -0.05) is 107 Å². The van der Waals surface area contributed by atoms with E-state index in [0.29, 0.717) is 25.7 Å². The molecule has 3 aromatic carbocycles. The van der Waals surface area contributed by atoms with Crippen LogP contribution in [-0.2, 0) is 13.9 Å². The summed E-state index contributed by atoms with van der Waals surface area (Å²) in [7, 11) is -2.75. The van der Waals surface area contributed by atoms with Gasteiger partial charge >= 0.3 is 0 Å². The van der Waals surface area contributed by atoms with E-state index in [1.165, 1.54) is 10.4 Å². The van der Waals surface area contributed by atoms with Gasteiger partial charge in [0.2, 0.25) is 0 Å². The first-order valence-electron chi connectivity index (χ1n) is 14.4. The van der Waals surface area contributed by atoms with Gasteiger partial charge in [0, 0.05) is 6.54 Å². The van der Waals surface area contributed by atoms with Crippen molar-refractivity contribution in [2.24, 2.45) is 10.9 Å². The quantitative estimate of drug-likeness (QED) is 0.308. The Labute approximate surface area is 240 Å². The number of para-hydroxylation sites is 2. The van der Waals surface area contributed by atoms with Crippen molar-refractivity contribution in [3.8, 4) is 0 Å². The zero-order valence-electron chi connectivity index (χ0n) is 24.4. The third kappa shape index (κ3) is 6.00. The maximum Gasteiger partial charge on any atom is 0.261 e. The Morgan fingerprint density at radius 1 is 0.925 bits per heavy atom. The average Bonchev–Trinajstić information content (AvgIpc) is 3.13. The zero-order chi connectivity index (χ0) is 28.2. The molecule has 2 aliphatic rings. The standard InChI is InChI=1S/C34H42N2O3Si/c1-25(2)20-21-37-32-22-26-23-35-29-18-12-13-19-30(29)36-33(26)31(39-32)24-38-40(34(3,4)5,27-14-8-6-9-15-27)28-16-10-7-11-17-28/h6-19,22,25,31-32,35H,20-21,23-24H2,1-5H3/t31-,32+/m1/s1. The van der Waals surface area contributed by atoms with Gasteiger partial charge in [0.05, 0.1) is 30.3 Å². The molecule has 0 bridgehead atoms. The molecule has 40 heavy (non-hydrogen) atoms. The lowest BCUT2D eigenvalue weighted by molar-refractivity contribution is -0.137. The molecule has 0 unspecified atom stereocenters. The summed E-state index contributed by atoms with van der Waals surface area (Å²) in [5.41, 5.74) is 3.96. The fourth-order valence-electron chi connectivity index (χ4n) is 5.64. The van der Waals surface area contributed by atoms with Gasteiger partial charge < -0.3 is 19.2 Å². The molecule has 0 spiro atoms. The molecule has 2 aliphatic heterocycles. The maximum absolute atomic E-state index is 7.30. The number of benzene rings is 3. The molecule has 0 amide bonds. The van der Waals surface area contributed by atoms with Crippen molar-refractivity contribution in [2.75, 3.05) is 25.1 Å². The van der Waals surface area contributed by atoms with E-state index in [1.54, 1.807) is 0 Å². The fourth-order valence-corrected chi connectivity index (χ4v) is 10.2. The molecule has 0 radical (unpaired) electrons. The van der Waals surface area contributed by atoms with Gasteiger partial charge in [-0.3, -0.25) is 0 Å². The normalized spacial score (nSPS) is 19.1. The van der Waals surface area contributed by atoms with Crippen molar-refractivity contribution in [3.05, 3.63) is 96.6 Å². The maximum atomic E-state index is 7.30. The van der Waals surface area contributed by atoms with Crippen molar-refractivity contribution in [1.82, 2.24) is 0 Å². The van der Waals surface area contributed by atoms with Crippen LogP contribution in [0, 0.1) is 5.92 Å². The van der Waals surface area contributed by atoms with E-state index < -0.39 is 14.6 Å². The Kier molecular flexibility index (Phi) is 8.71. The molecule has 0 fully saturated rings. The number of rotatable bonds is 9. The van der Waals surface area contributed by atoms with Crippen LogP contribution in [-0.4, -0.2) is 46.2 Å². The molecule has 0 saturated heterocycles. The minimum absolute atomic E-state index is 0.129. The first kappa shape index (κ1) is 28.5. The Bertz CT molecular complexity index is 1290. The van der Waals surface area contributed by atoms with Crippen molar-refractivity contribution in [3.63, 3.8) is 0 Å². The molecule has 2 atom stereocenters. The lowest BCUT2D eigenvalue weighted by atomic mass is 10.0. The summed E-state index contributed by atoms with van der Waals surface area (Å²) in [5, 5.41) is 5.93. The summed E-state index contributed by atoms with van der Waals surface area (Å²) in [5.74, 6) is 0.566. The van der Waals surface area contributed by atoms with E-state index in [0.717, 1.165) is 29.1 Å². The van der Waals surface area contributed by atoms with Gasteiger partial charge in [0.15, 0.2) is 6.29 Å². The number of aliphatic imine (C=N–C) groups is 1. The van der Waals surface area contributed by atoms with Gasteiger partial charge in [0.25, 0.3) is 8.32 Å². The summed E-state index contributed by atoms with van der Waals surface area (Å²) in [6.45, 7) is 13.0. The van der Waals surface area contributed by atoms with Crippen LogP contribution < -0.4 is 15.7 Å². The van der Waals surface area contributed by atoms with Crippen LogP contribution in [0.25, 0.3) is 0 Å². The van der Waals surface area contributed by atoms with Crippen LogP contribution in [0.15, 0.2) is 102 Å². The molecule has 0 aromatic heterocycles. The van der Waals surface area contributed by atoms with E-state index in [1.807, 2.05) is 18.2 Å². The molecule has 210 valence electrons. The summed E-state index contributed by atoms with van der Waals surface area (Å²) in [6.07, 6.45) is 2.26. The largest absolute Gasteiger partial charge is 0.404 e. The summed E-state index contributed by atoms with van der Waals surface area (Å²) in [4.78, 5) is 5.13. The zero-order valence-corrected chi connectivity index (χ0v) is 25.4.